The molecule has 0 radical (unpaired) electrons. The number of hydrogen-bond donors (Lipinski definition) is 2. The van der Waals surface area contributed by atoms with Crippen LogP contribution in [0.15, 0.2) is 0 Å². The van der Waals surface area contributed by atoms with Crippen LogP contribution < -0.4 is 10.6 Å². The zero-order chi connectivity index (χ0) is 13.1. The second kappa shape index (κ2) is 10.9. The van der Waals surface area contributed by atoms with Gasteiger partial charge in [-0.25, -0.2) is 0 Å². The van der Waals surface area contributed by atoms with Crippen LogP contribution in [0.4, 0.5) is 0 Å². The molecule has 0 spiro atoms. The molecule has 1 aliphatic carbocycles. The van der Waals surface area contributed by atoms with Gasteiger partial charge in [0.05, 0.1) is 0 Å². The van der Waals surface area contributed by atoms with Crippen LogP contribution in [0.3, 0.4) is 0 Å². The lowest BCUT2D eigenvalue weighted by Crippen LogP contribution is -2.42. The van der Waals surface area contributed by atoms with E-state index in [2.05, 4.69) is 16.9 Å². The lowest BCUT2D eigenvalue weighted by Gasteiger charge is -2.24. The number of hydrogen-bond acceptors (Lipinski definition) is 2. The summed E-state index contributed by atoms with van der Waals surface area (Å²) in [5.74, 6) is 1.30. The van der Waals surface area contributed by atoms with Crippen molar-refractivity contribution >= 4 is 29.1 Å². The van der Waals surface area contributed by atoms with Crippen LogP contribution in [-0.2, 0) is 0 Å². The van der Waals surface area contributed by atoms with Gasteiger partial charge in [0.15, 0.2) is 5.11 Å². The average molecular weight is 289 g/mol. The van der Waals surface area contributed by atoms with E-state index in [9.17, 15) is 0 Å². The highest BCUT2D eigenvalue weighted by Gasteiger charge is 2.13. The quantitative estimate of drug-likeness (QED) is 0.525. The molecule has 106 valence electrons. The van der Waals surface area contributed by atoms with Crippen LogP contribution in [0.25, 0.3) is 0 Å². The molecule has 2 N–H and O–H groups in total. The van der Waals surface area contributed by atoms with Crippen molar-refractivity contribution in [1.82, 2.24) is 10.6 Å². The van der Waals surface area contributed by atoms with Gasteiger partial charge < -0.3 is 10.6 Å². The maximum atomic E-state index is 5.33. The molecular formula is C14H28N2S2. The van der Waals surface area contributed by atoms with Gasteiger partial charge in [0.25, 0.3) is 0 Å². The van der Waals surface area contributed by atoms with Crippen LogP contribution in [0.2, 0.25) is 0 Å². The topological polar surface area (TPSA) is 24.1 Å². The first-order chi connectivity index (χ1) is 8.83. The molecule has 0 aliphatic heterocycles. The summed E-state index contributed by atoms with van der Waals surface area (Å²) in [6, 6.07) is 0.625. The Morgan fingerprint density at radius 3 is 2.56 bits per heavy atom. The molecule has 1 rings (SSSR count). The zero-order valence-corrected chi connectivity index (χ0v) is 13.3. The monoisotopic (exact) mass is 288 g/mol. The fourth-order valence-electron chi connectivity index (χ4n) is 2.41. The molecule has 0 aromatic carbocycles. The Kier molecular flexibility index (Phi) is 9.76. The van der Waals surface area contributed by atoms with Crippen molar-refractivity contribution in [1.29, 1.82) is 0 Å². The molecule has 4 heteroatoms. The highest BCUT2D eigenvalue weighted by molar-refractivity contribution is 7.98. The summed E-state index contributed by atoms with van der Waals surface area (Å²) in [4.78, 5) is 0. The molecule has 0 aromatic rings. The second-order valence-corrected chi connectivity index (χ2v) is 6.54. The molecule has 1 fully saturated rings. The van der Waals surface area contributed by atoms with Crippen molar-refractivity contribution in [3.8, 4) is 0 Å². The van der Waals surface area contributed by atoms with E-state index in [4.69, 9.17) is 12.2 Å². The van der Waals surface area contributed by atoms with Gasteiger partial charge in [0, 0.05) is 12.6 Å². The minimum Gasteiger partial charge on any atom is -0.363 e. The predicted octanol–water partition coefficient (Wildman–Crippen LogP) is 3.71. The molecule has 1 saturated carbocycles. The Morgan fingerprint density at radius 2 is 1.83 bits per heavy atom. The van der Waals surface area contributed by atoms with E-state index in [1.165, 1.54) is 63.5 Å². The lowest BCUT2D eigenvalue weighted by molar-refractivity contribution is 0.412. The van der Waals surface area contributed by atoms with Crippen molar-refractivity contribution in [3.63, 3.8) is 0 Å². The summed E-state index contributed by atoms with van der Waals surface area (Å²) in [5.41, 5.74) is 0. The Bertz CT molecular complexity index is 216. The van der Waals surface area contributed by atoms with Crippen molar-refractivity contribution in [2.75, 3.05) is 18.6 Å². The Balaban J connectivity index is 1.90. The SMILES string of the molecule is CSCCCCCCNC(=S)NC1CCCCC1. The van der Waals surface area contributed by atoms with Gasteiger partial charge >= 0.3 is 0 Å². The van der Waals surface area contributed by atoms with E-state index in [1.54, 1.807) is 0 Å². The minimum absolute atomic E-state index is 0.625. The summed E-state index contributed by atoms with van der Waals surface area (Å²) >= 11 is 7.27. The van der Waals surface area contributed by atoms with Crippen LogP contribution in [-0.4, -0.2) is 29.7 Å². The fourth-order valence-corrected chi connectivity index (χ4v) is 3.17. The third kappa shape index (κ3) is 8.20. The second-order valence-electron chi connectivity index (χ2n) is 5.14. The lowest BCUT2D eigenvalue weighted by atomic mass is 9.96. The third-order valence-electron chi connectivity index (χ3n) is 3.50. The molecule has 0 bridgehead atoms. The van der Waals surface area contributed by atoms with Gasteiger partial charge in [-0.15, -0.1) is 0 Å². The number of thioether (sulfide) groups is 1. The fraction of sp³-hybridized carbons (Fsp3) is 0.929. The molecule has 0 atom stereocenters. The molecular weight excluding hydrogens is 260 g/mol. The zero-order valence-electron chi connectivity index (χ0n) is 11.7. The van der Waals surface area contributed by atoms with Crippen LogP contribution in [0.5, 0.6) is 0 Å². The van der Waals surface area contributed by atoms with E-state index in [0.29, 0.717) is 6.04 Å². The maximum absolute atomic E-state index is 5.33. The van der Waals surface area contributed by atoms with E-state index >= 15 is 0 Å². The predicted molar refractivity (Wildman–Crippen MR) is 87.5 cm³/mol. The summed E-state index contributed by atoms with van der Waals surface area (Å²) in [6.07, 6.45) is 14.1. The summed E-state index contributed by atoms with van der Waals surface area (Å²) in [6.45, 7) is 1.03. The van der Waals surface area contributed by atoms with Crippen molar-refractivity contribution in [3.05, 3.63) is 0 Å². The largest absolute Gasteiger partial charge is 0.363 e. The number of unbranched alkanes of at least 4 members (excludes halogenated alkanes) is 3. The average Bonchev–Trinajstić information content (AvgIpc) is 2.39. The van der Waals surface area contributed by atoms with Gasteiger partial charge in [-0.2, -0.15) is 11.8 Å². The van der Waals surface area contributed by atoms with Gasteiger partial charge in [0.2, 0.25) is 0 Å². The summed E-state index contributed by atoms with van der Waals surface area (Å²) in [5, 5.41) is 7.65. The first-order valence-corrected chi connectivity index (χ1v) is 9.16. The van der Waals surface area contributed by atoms with E-state index < -0.39 is 0 Å². The molecule has 0 unspecified atom stereocenters. The molecule has 2 nitrogen and oxygen atoms in total. The number of rotatable bonds is 8. The Labute approximate surface area is 122 Å². The highest BCUT2D eigenvalue weighted by atomic mass is 32.2. The Hall–Kier alpha value is 0.0400. The molecule has 0 heterocycles. The molecule has 18 heavy (non-hydrogen) atoms. The molecule has 0 saturated heterocycles. The van der Waals surface area contributed by atoms with Gasteiger partial charge in [0.1, 0.15) is 0 Å². The van der Waals surface area contributed by atoms with Crippen molar-refractivity contribution < 1.29 is 0 Å². The third-order valence-corrected chi connectivity index (χ3v) is 4.46. The van der Waals surface area contributed by atoms with Crippen LogP contribution in [0, 0.1) is 0 Å². The summed E-state index contributed by atoms with van der Waals surface area (Å²) < 4.78 is 0. The summed E-state index contributed by atoms with van der Waals surface area (Å²) in [7, 11) is 0. The first-order valence-electron chi connectivity index (χ1n) is 7.36. The molecule has 0 amide bonds. The maximum Gasteiger partial charge on any atom is 0.166 e. The van der Waals surface area contributed by atoms with Crippen LogP contribution >= 0.6 is 24.0 Å². The van der Waals surface area contributed by atoms with Gasteiger partial charge in [-0.3, -0.25) is 0 Å². The standard InChI is InChI=1S/C14H28N2S2/c1-18-12-8-3-2-7-11-15-14(17)16-13-9-5-4-6-10-13/h13H,2-12H2,1H3,(H2,15,16,17). The van der Waals surface area contributed by atoms with Gasteiger partial charge in [-0.05, 0) is 49.9 Å². The molecule has 1 aliphatic rings. The van der Waals surface area contributed by atoms with E-state index in [0.717, 1.165) is 11.7 Å². The number of thiocarbonyl (C=S) groups is 1. The van der Waals surface area contributed by atoms with E-state index in [1.807, 2.05) is 11.8 Å². The van der Waals surface area contributed by atoms with Crippen LogP contribution in [0.1, 0.15) is 57.8 Å². The normalized spacial score (nSPS) is 16.5. The minimum atomic E-state index is 0.625. The van der Waals surface area contributed by atoms with E-state index in [-0.39, 0.29) is 0 Å². The highest BCUT2D eigenvalue weighted by Crippen LogP contribution is 2.17. The first kappa shape index (κ1) is 16.1. The smallest absolute Gasteiger partial charge is 0.166 e. The van der Waals surface area contributed by atoms with Crippen molar-refractivity contribution in [2.24, 2.45) is 0 Å². The Morgan fingerprint density at radius 1 is 1.11 bits per heavy atom. The molecule has 0 aromatic heterocycles. The van der Waals surface area contributed by atoms with Crippen molar-refractivity contribution in [2.45, 2.75) is 63.8 Å². The van der Waals surface area contributed by atoms with Gasteiger partial charge in [-0.1, -0.05) is 32.1 Å². The number of nitrogens with one attached hydrogen (secondary N) is 2.